The molecule has 2 aliphatic heterocycles. The van der Waals surface area contributed by atoms with Crippen molar-refractivity contribution in [3.05, 3.63) is 77.4 Å². The lowest BCUT2D eigenvalue weighted by molar-refractivity contribution is 0.0919. The van der Waals surface area contributed by atoms with E-state index in [0.717, 1.165) is 0 Å². The summed E-state index contributed by atoms with van der Waals surface area (Å²) in [6.07, 6.45) is 3.05. The first-order valence-corrected chi connectivity index (χ1v) is 9.35. The van der Waals surface area contributed by atoms with Gasteiger partial charge in [0.05, 0.1) is 11.8 Å². The average Bonchev–Trinajstić information content (AvgIpc) is 3.40. The van der Waals surface area contributed by atoms with E-state index in [1.807, 2.05) is 0 Å². The van der Waals surface area contributed by atoms with Crippen LogP contribution in [0.5, 0.6) is 23.0 Å². The summed E-state index contributed by atoms with van der Waals surface area (Å²) in [5.74, 6) is 2.22. The Balaban J connectivity index is 1.27. The normalized spacial score (nSPS) is 15.6. The fourth-order valence-corrected chi connectivity index (χ4v) is 3.21. The van der Waals surface area contributed by atoms with Crippen molar-refractivity contribution in [2.24, 2.45) is 0 Å². The lowest BCUT2D eigenvalue weighted by Gasteiger charge is -2.18. The van der Waals surface area contributed by atoms with Crippen LogP contribution in [0, 0.1) is 0 Å². The number of ether oxygens (including phenoxy) is 4. The number of carbonyl (C=O) groups is 2. The lowest BCUT2D eigenvalue weighted by Crippen LogP contribution is -2.17. The van der Waals surface area contributed by atoms with Crippen LogP contribution in [-0.4, -0.2) is 31.4 Å². The largest absolute Gasteiger partial charge is 0.486 e. The van der Waals surface area contributed by atoms with Gasteiger partial charge in [0.2, 0.25) is 5.78 Å². The van der Waals surface area contributed by atoms with E-state index in [-0.39, 0.29) is 23.9 Å². The molecule has 0 radical (unpaired) electrons. The molecule has 30 heavy (non-hydrogen) atoms. The molecule has 2 aliphatic rings. The summed E-state index contributed by atoms with van der Waals surface area (Å²) in [6, 6.07) is 13.3. The number of rotatable bonds is 5. The molecular formula is C23H16O7. The van der Waals surface area contributed by atoms with E-state index in [1.165, 1.54) is 12.3 Å². The lowest BCUT2D eigenvalue weighted by atomic mass is 10.1. The van der Waals surface area contributed by atoms with Crippen LogP contribution in [0.1, 0.15) is 26.5 Å². The molecule has 0 bridgehead atoms. The van der Waals surface area contributed by atoms with Crippen molar-refractivity contribution in [1.82, 2.24) is 0 Å². The van der Waals surface area contributed by atoms with Gasteiger partial charge in [-0.1, -0.05) is 0 Å². The number of furan rings is 1. The van der Waals surface area contributed by atoms with Crippen molar-refractivity contribution in [1.29, 1.82) is 0 Å². The van der Waals surface area contributed by atoms with E-state index in [0.29, 0.717) is 53.1 Å². The molecule has 0 atom stereocenters. The molecule has 0 saturated heterocycles. The van der Waals surface area contributed by atoms with Gasteiger partial charge in [-0.15, -0.1) is 0 Å². The molecule has 3 heterocycles. The van der Waals surface area contributed by atoms with Gasteiger partial charge in [-0.3, -0.25) is 9.59 Å². The molecular weight excluding hydrogens is 388 g/mol. The van der Waals surface area contributed by atoms with Gasteiger partial charge in [0, 0.05) is 17.7 Å². The number of ketones is 2. The molecule has 0 fully saturated rings. The van der Waals surface area contributed by atoms with Crippen LogP contribution >= 0.6 is 0 Å². The third-order valence-electron chi connectivity index (χ3n) is 4.69. The Morgan fingerprint density at radius 1 is 1.00 bits per heavy atom. The van der Waals surface area contributed by atoms with Crippen LogP contribution in [0.15, 0.2) is 65.0 Å². The predicted molar refractivity (Wildman–Crippen MR) is 105 cm³/mol. The number of carbonyl (C=O) groups excluding carboxylic acids is 2. The predicted octanol–water partition coefficient (Wildman–Crippen LogP) is 3.93. The van der Waals surface area contributed by atoms with Crippen LogP contribution in [0.25, 0.3) is 6.08 Å². The summed E-state index contributed by atoms with van der Waals surface area (Å²) in [5, 5.41) is 0. The molecule has 150 valence electrons. The van der Waals surface area contributed by atoms with Crippen LogP contribution in [0.4, 0.5) is 0 Å². The summed E-state index contributed by atoms with van der Waals surface area (Å²) >= 11 is 0. The van der Waals surface area contributed by atoms with Gasteiger partial charge in [0.15, 0.2) is 29.6 Å². The Labute approximate surface area is 171 Å². The molecule has 0 aliphatic carbocycles. The molecule has 0 amide bonds. The molecule has 3 aromatic rings. The smallest absolute Gasteiger partial charge is 0.232 e. The number of fused-ring (bicyclic) bond motifs is 2. The van der Waals surface area contributed by atoms with Gasteiger partial charge in [-0.25, -0.2) is 0 Å². The standard InChI is InChI=1S/C23H16O7/c24-18(14-3-6-19-21(10-14)28-9-8-27-19)13-29-16-4-5-17-20(11-16)30-22(23(17)25)12-15-2-1-7-26-15/h1-7,10-12H,8-9,13H2/b22-12-. The van der Waals surface area contributed by atoms with Crippen LogP contribution in [-0.2, 0) is 0 Å². The van der Waals surface area contributed by atoms with Crippen molar-refractivity contribution < 1.29 is 33.0 Å². The SMILES string of the molecule is O=C(COc1ccc2c(c1)O/C(=C\c1ccco1)C2=O)c1ccc2c(c1)OCCO2. The van der Waals surface area contributed by atoms with Gasteiger partial charge in [-0.2, -0.15) is 0 Å². The van der Waals surface area contributed by atoms with Crippen LogP contribution in [0.3, 0.4) is 0 Å². The topological polar surface area (TPSA) is 84.2 Å². The molecule has 5 rings (SSSR count). The van der Waals surface area contributed by atoms with Crippen molar-refractivity contribution in [3.63, 3.8) is 0 Å². The van der Waals surface area contributed by atoms with E-state index in [9.17, 15) is 9.59 Å². The number of hydrogen-bond acceptors (Lipinski definition) is 7. The third-order valence-corrected chi connectivity index (χ3v) is 4.69. The Morgan fingerprint density at radius 3 is 2.70 bits per heavy atom. The zero-order chi connectivity index (χ0) is 20.5. The highest BCUT2D eigenvalue weighted by Crippen LogP contribution is 2.35. The first kappa shape index (κ1) is 18.1. The fourth-order valence-electron chi connectivity index (χ4n) is 3.21. The van der Waals surface area contributed by atoms with E-state index >= 15 is 0 Å². The summed E-state index contributed by atoms with van der Waals surface area (Å²) in [4.78, 5) is 24.9. The monoisotopic (exact) mass is 404 g/mol. The molecule has 0 unspecified atom stereocenters. The highest BCUT2D eigenvalue weighted by molar-refractivity contribution is 6.14. The molecule has 0 spiro atoms. The number of benzene rings is 2. The molecule has 2 aromatic carbocycles. The van der Waals surface area contributed by atoms with Gasteiger partial charge >= 0.3 is 0 Å². The Bertz CT molecular complexity index is 1160. The second kappa shape index (κ2) is 7.44. The highest BCUT2D eigenvalue weighted by Gasteiger charge is 2.28. The zero-order valence-corrected chi connectivity index (χ0v) is 15.8. The molecule has 0 saturated carbocycles. The summed E-state index contributed by atoms with van der Waals surface area (Å²) in [6.45, 7) is 0.775. The van der Waals surface area contributed by atoms with E-state index in [2.05, 4.69) is 0 Å². The van der Waals surface area contributed by atoms with Gasteiger partial charge < -0.3 is 23.4 Å². The Morgan fingerprint density at radius 2 is 1.87 bits per heavy atom. The van der Waals surface area contributed by atoms with Crippen LogP contribution < -0.4 is 18.9 Å². The third kappa shape index (κ3) is 3.41. The van der Waals surface area contributed by atoms with Crippen molar-refractivity contribution in [2.45, 2.75) is 0 Å². The van der Waals surface area contributed by atoms with Gasteiger partial charge in [0.25, 0.3) is 0 Å². The summed E-state index contributed by atoms with van der Waals surface area (Å²) in [7, 11) is 0. The molecule has 7 nitrogen and oxygen atoms in total. The minimum Gasteiger partial charge on any atom is -0.486 e. The average molecular weight is 404 g/mol. The minimum absolute atomic E-state index is 0.165. The maximum Gasteiger partial charge on any atom is 0.232 e. The molecule has 0 N–H and O–H groups in total. The van der Waals surface area contributed by atoms with E-state index < -0.39 is 0 Å². The molecule has 7 heteroatoms. The maximum absolute atomic E-state index is 12.5. The zero-order valence-electron chi connectivity index (χ0n) is 15.8. The highest BCUT2D eigenvalue weighted by atomic mass is 16.6. The van der Waals surface area contributed by atoms with E-state index in [4.69, 9.17) is 23.4 Å². The minimum atomic E-state index is -0.236. The van der Waals surface area contributed by atoms with Crippen molar-refractivity contribution >= 4 is 17.6 Å². The maximum atomic E-state index is 12.5. The number of allylic oxidation sites excluding steroid dienone is 1. The van der Waals surface area contributed by atoms with Gasteiger partial charge in [-0.05, 0) is 42.5 Å². The van der Waals surface area contributed by atoms with Crippen LogP contribution in [0.2, 0.25) is 0 Å². The second-order valence-electron chi connectivity index (χ2n) is 6.68. The van der Waals surface area contributed by atoms with Crippen molar-refractivity contribution in [3.8, 4) is 23.0 Å². The Hall–Kier alpha value is -4.00. The first-order chi connectivity index (χ1) is 14.7. The fraction of sp³-hybridized carbons (Fsp3) is 0.130. The van der Waals surface area contributed by atoms with E-state index in [1.54, 1.807) is 48.5 Å². The molecule has 1 aromatic heterocycles. The number of Topliss-reactive ketones (excluding diaryl/α,β-unsaturated/α-hetero) is 2. The summed E-state index contributed by atoms with van der Waals surface area (Å²) in [5.41, 5.74) is 0.897. The quantitative estimate of drug-likeness (QED) is 0.471. The van der Waals surface area contributed by atoms with Gasteiger partial charge in [0.1, 0.15) is 30.5 Å². The Kier molecular flexibility index (Phi) is 4.48. The first-order valence-electron chi connectivity index (χ1n) is 9.35. The second-order valence-corrected chi connectivity index (χ2v) is 6.68. The summed E-state index contributed by atoms with van der Waals surface area (Å²) < 4.78 is 27.4. The number of hydrogen-bond donors (Lipinski definition) is 0. The van der Waals surface area contributed by atoms with Crippen molar-refractivity contribution in [2.75, 3.05) is 19.8 Å².